The molecule has 0 aliphatic heterocycles. The summed E-state index contributed by atoms with van der Waals surface area (Å²) in [5, 5.41) is 3.03. The zero-order chi connectivity index (χ0) is 18.6. The minimum atomic E-state index is -0.386. The summed E-state index contributed by atoms with van der Waals surface area (Å²) in [5.41, 5.74) is 1.73. The molecule has 0 spiro atoms. The van der Waals surface area contributed by atoms with Gasteiger partial charge in [-0.2, -0.15) is 0 Å². The van der Waals surface area contributed by atoms with Crippen LogP contribution in [0, 0.1) is 5.82 Å². The Hall–Kier alpha value is -1.91. The zero-order valence-electron chi connectivity index (χ0n) is 16.0. The smallest absolute Gasteiger partial charge is 0.251 e. The van der Waals surface area contributed by atoms with Crippen LogP contribution in [0.15, 0.2) is 54.6 Å². The minimum Gasteiger partial charge on any atom is -0.350 e. The molecule has 1 saturated carbocycles. The van der Waals surface area contributed by atoms with E-state index in [1.54, 1.807) is 12.1 Å². The van der Waals surface area contributed by atoms with Gasteiger partial charge in [0.05, 0.1) is 0 Å². The van der Waals surface area contributed by atoms with Crippen LogP contribution < -0.4 is 5.32 Å². The van der Waals surface area contributed by atoms with Crippen LogP contribution in [0.4, 0.5) is 4.39 Å². The number of carbonyl (C=O) groups is 1. The van der Waals surface area contributed by atoms with Gasteiger partial charge in [0.2, 0.25) is 0 Å². The lowest BCUT2D eigenvalue weighted by atomic mass is 9.73. The molecule has 1 fully saturated rings. The van der Waals surface area contributed by atoms with Crippen LogP contribution in [0.3, 0.4) is 0 Å². The van der Waals surface area contributed by atoms with E-state index in [-0.39, 0.29) is 29.7 Å². The molecule has 2 aromatic rings. The third kappa shape index (κ3) is 5.08. The fraction of sp³-hybridized carbons (Fsp3) is 0.409. The Morgan fingerprint density at radius 3 is 2.37 bits per heavy atom. The highest BCUT2D eigenvalue weighted by molar-refractivity contribution is 5.94. The van der Waals surface area contributed by atoms with Crippen LogP contribution in [0.1, 0.15) is 47.5 Å². The molecule has 0 aromatic heterocycles. The highest BCUT2D eigenvalue weighted by Crippen LogP contribution is 2.40. The van der Waals surface area contributed by atoms with E-state index in [1.807, 2.05) is 0 Å². The van der Waals surface area contributed by atoms with E-state index in [2.05, 4.69) is 54.6 Å². The highest BCUT2D eigenvalue weighted by atomic mass is 35.5. The quantitative estimate of drug-likeness (QED) is 0.806. The molecule has 3 rings (SSSR count). The van der Waals surface area contributed by atoms with Crippen LogP contribution in [-0.4, -0.2) is 37.0 Å². The van der Waals surface area contributed by atoms with Crippen LogP contribution >= 0.6 is 12.4 Å². The molecule has 1 aliphatic carbocycles. The van der Waals surface area contributed by atoms with Gasteiger partial charge in [0.15, 0.2) is 0 Å². The van der Waals surface area contributed by atoms with Gasteiger partial charge in [-0.1, -0.05) is 36.4 Å². The Morgan fingerprint density at radius 2 is 1.78 bits per heavy atom. The molecule has 0 atom stereocenters. The molecule has 1 N–H and O–H groups in total. The van der Waals surface area contributed by atoms with E-state index < -0.39 is 0 Å². The number of halogens is 2. The van der Waals surface area contributed by atoms with Gasteiger partial charge in [0.1, 0.15) is 5.82 Å². The third-order valence-corrected chi connectivity index (χ3v) is 5.80. The van der Waals surface area contributed by atoms with Crippen molar-refractivity contribution in [1.82, 2.24) is 10.2 Å². The predicted molar refractivity (Wildman–Crippen MR) is 110 cm³/mol. The first-order valence-corrected chi connectivity index (χ1v) is 9.26. The molecule has 0 saturated heterocycles. The normalized spacial score (nSPS) is 22.1. The summed E-state index contributed by atoms with van der Waals surface area (Å²) in [6, 6.07) is 16.5. The van der Waals surface area contributed by atoms with Crippen molar-refractivity contribution in [1.29, 1.82) is 0 Å². The van der Waals surface area contributed by atoms with Crippen molar-refractivity contribution in [3.63, 3.8) is 0 Å². The highest BCUT2D eigenvalue weighted by Gasteiger charge is 2.37. The van der Waals surface area contributed by atoms with E-state index in [0.717, 1.165) is 25.7 Å². The van der Waals surface area contributed by atoms with Gasteiger partial charge in [-0.05, 0) is 69.5 Å². The topological polar surface area (TPSA) is 32.3 Å². The van der Waals surface area contributed by atoms with Gasteiger partial charge in [0.25, 0.3) is 5.91 Å². The number of benzene rings is 2. The average Bonchev–Trinajstić information content (AvgIpc) is 2.67. The van der Waals surface area contributed by atoms with Gasteiger partial charge >= 0.3 is 0 Å². The summed E-state index contributed by atoms with van der Waals surface area (Å²) in [6.07, 6.45) is 4.28. The van der Waals surface area contributed by atoms with E-state index >= 15 is 0 Å². The molecule has 27 heavy (non-hydrogen) atoms. The average molecular weight is 391 g/mol. The molecule has 1 aliphatic rings. The predicted octanol–water partition coefficient (Wildman–Crippen LogP) is 4.64. The van der Waals surface area contributed by atoms with Crippen molar-refractivity contribution in [2.75, 3.05) is 20.6 Å². The zero-order valence-corrected chi connectivity index (χ0v) is 16.8. The van der Waals surface area contributed by atoms with Crippen LogP contribution in [-0.2, 0) is 0 Å². The second-order valence-electron chi connectivity index (χ2n) is 7.50. The lowest BCUT2D eigenvalue weighted by Crippen LogP contribution is -2.54. The summed E-state index contributed by atoms with van der Waals surface area (Å²) in [5.74, 6) is -0.0116. The Bertz CT molecular complexity index is 743. The molecule has 0 bridgehead atoms. The van der Waals surface area contributed by atoms with Gasteiger partial charge in [-0.15, -0.1) is 12.4 Å². The molecule has 5 heteroatoms. The summed E-state index contributed by atoms with van der Waals surface area (Å²) in [7, 11) is 4.16. The molecular weight excluding hydrogens is 363 g/mol. The lowest BCUT2D eigenvalue weighted by Gasteiger charge is -2.45. The molecule has 0 radical (unpaired) electrons. The van der Waals surface area contributed by atoms with E-state index in [1.165, 1.54) is 17.7 Å². The van der Waals surface area contributed by atoms with Crippen LogP contribution in [0.5, 0.6) is 0 Å². The van der Waals surface area contributed by atoms with Crippen molar-refractivity contribution in [2.24, 2.45) is 0 Å². The molecule has 0 unspecified atom stereocenters. The number of nitrogens with one attached hydrogen (secondary N) is 1. The summed E-state index contributed by atoms with van der Waals surface area (Å²) >= 11 is 0. The van der Waals surface area contributed by atoms with Gasteiger partial charge in [0, 0.05) is 17.6 Å². The van der Waals surface area contributed by atoms with E-state index in [4.69, 9.17) is 0 Å². The van der Waals surface area contributed by atoms with Gasteiger partial charge in [-0.25, -0.2) is 4.39 Å². The second kappa shape index (κ2) is 9.34. The molecule has 2 aromatic carbocycles. The maximum absolute atomic E-state index is 13.3. The standard InChI is InChI=1S/C22H27FN2O.ClH/c1-25(2)22(16-24-21(26)19-9-6-10-20(23)15-19)13-11-18(12-14-22)17-7-4-3-5-8-17;/h3-10,15,18H,11-14,16H2,1-2H3,(H,24,26);1H. The molecule has 1 amide bonds. The SMILES string of the molecule is CN(C)C1(CNC(=O)c2cccc(F)c2)CCC(c2ccccc2)CC1.Cl. The van der Waals surface area contributed by atoms with E-state index in [0.29, 0.717) is 18.0 Å². The number of nitrogens with zero attached hydrogens (tertiary/aromatic N) is 1. The Labute approximate surface area is 167 Å². The maximum atomic E-state index is 13.3. The first-order chi connectivity index (χ1) is 12.5. The summed E-state index contributed by atoms with van der Waals surface area (Å²) in [6.45, 7) is 0.580. The van der Waals surface area contributed by atoms with Crippen molar-refractivity contribution in [2.45, 2.75) is 37.1 Å². The number of likely N-dealkylation sites (N-methyl/N-ethyl adjacent to an activating group) is 1. The first-order valence-electron chi connectivity index (χ1n) is 9.26. The summed E-state index contributed by atoms with van der Waals surface area (Å²) in [4.78, 5) is 14.6. The molecular formula is C22H28ClFN2O. The van der Waals surface area contributed by atoms with Gasteiger partial charge in [-0.3, -0.25) is 4.79 Å². The van der Waals surface area contributed by atoms with Crippen molar-refractivity contribution in [3.05, 3.63) is 71.5 Å². The van der Waals surface area contributed by atoms with Gasteiger partial charge < -0.3 is 10.2 Å². The van der Waals surface area contributed by atoms with Crippen molar-refractivity contribution < 1.29 is 9.18 Å². The number of hydrogen-bond donors (Lipinski definition) is 1. The monoisotopic (exact) mass is 390 g/mol. The Balaban J connectivity index is 0.00000261. The maximum Gasteiger partial charge on any atom is 0.251 e. The minimum absolute atomic E-state index is 0. The number of amides is 1. The van der Waals surface area contributed by atoms with Crippen LogP contribution in [0.25, 0.3) is 0 Å². The fourth-order valence-electron chi connectivity index (χ4n) is 3.97. The largest absolute Gasteiger partial charge is 0.350 e. The van der Waals surface area contributed by atoms with Crippen molar-refractivity contribution in [3.8, 4) is 0 Å². The fourth-order valence-corrected chi connectivity index (χ4v) is 3.97. The van der Waals surface area contributed by atoms with E-state index in [9.17, 15) is 9.18 Å². The third-order valence-electron chi connectivity index (χ3n) is 5.80. The lowest BCUT2D eigenvalue weighted by molar-refractivity contribution is 0.0768. The van der Waals surface area contributed by atoms with Crippen molar-refractivity contribution >= 4 is 18.3 Å². The number of carbonyl (C=O) groups excluding carboxylic acids is 1. The summed E-state index contributed by atoms with van der Waals surface area (Å²) < 4.78 is 13.3. The number of rotatable bonds is 5. The number of hydrogen-bond acceptors (Lipinski definition) is 2. The molecule has 146 valence electrons. The van der Waals surface area contributed by atoms with Crippen LogP contribution in [0.2, 0.25) is 0 Å². The molecule has 0 heterocycles. The first kappa shape index (κ1) is 21.4. The molecule has 3 nitrogen and oxygen atoms in total. The Morgan fingerprint density at radius 1 is 1.11 bits per heavy atom. The second-order valence-corrected chi connectivity index (χ2v) is 7.50. The Kier molecular flexibility index (Phi) is 7.40.